The van der Waals surface area contributed by atoms with Crippen LogP contribution in [0.3, 0.4) is 0 Å². The highest BCUT2D eigenvalue weighted by Gasteiger charge is 2.06. The molecule has 18 heavy (non-hydrogen) atoms. The molecule has 1 rings (SSSR count). The van der Waals surface area contributed by atoms with Crippen LogP contribution in [0.15, 0.2) is 18.2 Å². The van der Waals surface area contributed by atoms with Crippen LogP contribution in [-0.2, 0) is 9.53 Å². The summed E-state index contributed by atoms with van der Waals surface area (Å²) in [6, 6.07) is 3.83. The molecule has 4 nitrogen and oxygen atoms in total. The summed E-state index contributed by atoms with van der Waals surface area (Å²) in [4.78, 5) is 11.5. The summed E-state index contributed by atoms with van der Waals surface area (Å²) in [6.45, 7) is 1.82. The minimum atomic E-state index is -0.458. The van der Waals surface area contributed by atoms with E-state index in [9.17, 15) is 9.18 Å². The molecular weight excluding hydrogens is 237 g/mol. The summed E-state index contributed by atoms with van der Waals surface area (Å²) in [5.74, 6) is 4.18. The van der Waals surface area contributed by atoms with Gasteiger partial charge in [-0.15, -0.1) is 0 Å². The number of ether oxygens (including phenoxy) is 1. The number of rotatable bonds is 4. The first-order valence-corrected chi connectivity index (χ1v) is 5.44. The molecule has 0 bridgehead atoms. The van der Waals surface area contributed by atoms with Gasteiger partial charge in [0, 0.05) is 6.61 Å². The summed E-state index contributed by atoms with van der Waals surface area (Å²) in [5, 5.41) is 11.2. The van der Waals surface area contributed by atoms with Crippen LogP contribution in [0.2, 0.25) is 0 Å². The zero-order chi connectivity index (χ0) is 13.4. The van der Waals surface area contributed by atoms with Crippen molar-refractivity contribution < 1.29 is 19.0 Å². The van der Waals surface area contributed by atoms with E-state index in [1.54, 1.807) is 6.92 Å². The Morgan fingerprint density at radius 3 is 3.00 bits per heavy atom. The van der Waals surface area contributed by atoms with Gasteiger partial charge in [-0.1, -0.05) is 11.8 Å². The molecule has 1 amide bonds. The Morgan fingerprint density at radius 2 is 2.33 bits per heavy atom. The summed E-state index contributed by atoms with van der Waals surface area (Å²) >= 11 is 0. The SMILES string of the molecule is CCOCC(=O)Nc1ccc(F)cc1C#CCO. The number of amides is 1. The quantitative estimate of drug-likeness (QED) is 0.789. The number of nitrogens with one attached hydrogen (secondary N) is 1. The molecule has 0 aliphatic heterocycles. The fraction of sp³-hybridized carbons (Fsp3) is 0.308. The second kappa shape index (κ2) is 7.43. The van der Waals surface area contributed by atoms with Gasteiger partial charge in [0.2, 0.25) is 5.91 Å². The van der Waals surface area contributed by atoms with Gasteiger partial charge in [-0.3, -0.25) is 4.79 Å². The maximum absolute atomic E-state index is 13.0. The second-order valence-electron chi connectivity index (χ2n) is 3.34. The Hall–Kier alpha value is -1.90. The lowest BCUT2D eigenvalue weighted by Crippen LogP contribution is -2.18. The predicted molar refractivity (Wildman–Crippen MR) is 65.5 cm³/mol. The fourth-order valence-corrected chi connectivity index (χ4v) is 1.24. The Bertz CT molecular complexity index is 477. The zero-order valence-electron chi connectivity index (χ0n) is 10.00. The van der Waals surface area contributed by atoms with E-state index in [-0.39, 0.29) is 19.1 Å². The van der Waals surface area contributed by atoms with Crippen LogP contribution < -0.4 is 5.32 Å². The minimum absolute atomic E-state index is 0.0687. The maximum atomic E-state index is 13.0. The summed E-state index contributed by atoms with van der Waals surface area (Å²) < 4.78 is 18.0. The van der Waals surface area contributed by atoms with Gasteiger partial charge >= 0.3 is 0 Å². The van der Waals surface area contributed by atoms with Gasteiger partial charge < -0.3 is 15.2 Å². The molecule has 0 aliphatic carbocycles. The van der Waals surface area contributed by atoms with Crippen LogP contribution in [0.4, 0.5) is 10.1 Å². The molecule has 1 aromatic carbocycles. The molecule has 0 atom stereocenters. The molecule has 0 radical (unpaired) electrons. The summed E-state index contributed by atoms with van der Waals surface area (Å²) in [7, 11) is 0. The van der Waals surface area contributed by atoms with Gasteiger partial charge in [-0.05, 0) is 25.1 Å². The molecule has 0 saturated carbocycles. The first-order valence-electron chi connectivity index (χ1n) is 5.44. The molecule has 0 aromatic heterocycles. The van der Waals surface area contributed by atoms with Gasteiger partial charge in [-0.2, -0.15) is 0 Å². The third-order valence-corrected chi connectivity index (χ3v) is 2.00. The van der Waals surface area contributed by atoms with Crippen LogP contribution in [0.1, 0.15) is 12.5 Å². The monoisotopic (exact) mass is 251 g/mol. The van der Waals surface area contributed by atoms with Crippen molar-refractivity contribution in [2.45, 2.75) is 6.92 Å². The number of carbonyl (C=O) groups is 1. The highest BCUT2D eigenvalue weighted by molar-refractivity contribution is 5.93. The number of carbonyl (C=O) groups excluding carboxylic acids is 1. The van der Waals surface area contributed by atoms with E-state index in [0.29, 0.717) is 17.9 Å². The molecular formula is C13H14FNO3. The van der Waals surface area contributed by atoms with Crippen LogP contribution in [0.5, 0.6) is 0 Å². The first kappa shape index (κ1) is 14.2. The van der Waals surface area contributed by atoms with E-state index in [2.05, 4.69) is 17.2 Å². The number of aliphatic hydroxyl groups excluding tert-OH is 1. The maximum Gasteiger partial charge on any atom is 0.250 e. The standard InChI is InChI=1S/C13H14FNO3/c1-2-18-9-13(17)15-12-6-5-11(14)8-10(12)4-3-7-16/h5-6,8,16H,2,7,9H2,1H3,(H,15,17). The smallest absolute Gasteiger partial charge is 0.250 e. The fourth-order valence-electron chi connectivity index (χ4n) is 1.24. The van der Waals surface area contributed by atoms with Crippen molar-refractivity contribution in [1.29, 1.82) is 0 Å². The van der Waals surface area contributed by atoms with Gasteiger partial charge in [0.15, 0.2) is 0 Å². The van der Waals surface area contributed by atoms with Crippen molar-refractivity contribution in [3.8, 4) is 11.8 Å². The first-order chi connectivity index (χ1) is 8.67. The molecule has 0 unspecified atom stereocenters. The van der Waals surface area contributed by atoms with Gasteiger partial charge in [-0.25, -0.2) is 4.39 Å². The lowest BCUT2D eigenvalue weighted by molar-refractivity contribution is -0.120. The highest BCUT2D eigenvalue weighted by atomic mass is 19.1. The van der Waals surface area contributed by atoms with Gasteiger partial charge in [0.25, 0.3) is 0 Å². The van der Waals surface area contributed by atoms with Gasteiger partial charge in [0.1, 0.15) is 19.0 Å². The summed E-state index contributed by atoms with van der Waals surface area (Å²) in [5.41, 5.74) is 0.705. The molecule has 0 fully saturated rings. The van der Waals surface area contributed by atoms with E-state index >= 15 is 0 Å². The lowest BCUT2D eigenvalue weighted by atomic mass is 10.1. The third kappa shape index (κ3) is 4.53. The third-order valence-electron chi connectivity index (χ3n) is 2.00. The van der Waals surface area contributed by atoms with Crippen molar-refractivity contribution >= 4 is 11.6 Å². The van der Waals surface area contributed by atoms with E-state index < -0.39 is 5.82 Å². The lowest BCUT2D eigenvalue weighted by Gasteiger charge is -2.07. The van der Waals surface area contributed by atoms with Crippen LogP contribution in [0, 0.1) is 17.7 Å². The van der Waals surface area contributed by atoms with E-state index in [0.717, 1.165) is 0 Å². The molecule has 5 heteroatoms. The number of hydrogen-bond donors (Lipinski definition) is 2. The van der Waals surface area contributed by atoms with Crippen LogP contribution in [0.25, 0.3) is 0 Å². The van der Waals surface area contributed by atoms with Gasteiger partial charge in [0.05, 0.1) is 11.3 Å². The topological polar surface area (TPSA) is 58.6 Å². The molecule has 0 spiro atoms. The average Bonchev–Trinajstić information content (AvgIpc) is 2.36. The molecule has 0 saturated heterocycles. The second-order valence-corrected chi connectivity index (χ2v) is 3.34. The highest BCUT2D eigenvalue weighted by Crippen LogP contribution is 2.15. The average molecular weight is 251 g/mol. The van der Waals surface area contributed by atoms with E-state index in [4.69, 9.17) is 9.84 Å². The van der Waals surface area contributed by atoms with E-state index in [1.165, 1.54) is 18.2 Å². The Balaban J connectivity index is 2.84. The normalized spacial score (nSPS) is 9.50. The van der Waals surface area contributed by atoms with Crippen molar-refractivity contribution in [3.63, 3.8) is 0 Å². The van der Waals surface area contributed by atoms with Crippen molar-refractivity contribution in [1.82, 2.24) is 0 Å². The van der Waals surface area contributed by atoms with Crippen LogP contribution in [-0.4, -0.2) is 30.8 Å². The number of anilines is 1. The van der Waals surface area contributed by atoms with Crippen molar-refractivity contribution in [2.24, 2.45) is 0 Å². The zero-order valence-corrected chi connectivity index (χ0v) is 10.00. The Morgan fingerprint density at radius 1 is 1.56 bits per heavy atom. The Labute approximate surface area is 105 Å². The number of aliphatic hydroxyl groups is 1. The van der Waals surface area contributed by atoms with E-state index in [1.807, 2.05) is 0 Å². The number of halogens is 1. The molecule has 1 aromatic rings. The Kier molecular flexibility index (Phi) is 5.85. The molecule has 2 N–H and O–H groups in total. The molecule has 96 valence electrons. The van der Waals surface area contributed by atoms with Crippen molar-refractivity contribution in [3.05, 3.63) is 29.6 Å². The number of benzene rings is 1. The molecule has 0 aliphatic rings. The number of hydrogen-bond acceptors (Lipinski definition) is 3. The van der Waals surface area contributed by atoms with Crippen molar-refractivity contribution in [2.75, 3.05) is 25.1 Å². The largest absolute Gasteiger partial charge is 0.384 e. The van der Waals surface area contributed by atoms with Crippen LogP contribution >= 0.6 is 0 Å². The minimum Gasteiger partial charge on any atom is -0.384 e. The molecule has 0 heterocycles. The predicted octanol–water partition coefficient (Wildman–Crippen LogP) is 1.14. The summed E-state index contributed by atoms with van der Waals surface area (Å²) in [6.07, 6.45) is 0.